The third-order valence-corrected chi connectivity index (χ3v) is 10.6. The zero-order valence-corrected chi connectivity index (χ0v) is 28.6. The van der Waals surface area contributed by atoms with E-state index in [9.17, 15) is 19.2 Å². The van der Waals surface area contributed by atoms with Crippen molar-refractivity contribution in [2.24, 2.45) is 7.05 Å². The first kappa shape index (κ1) is 32.3. The molecule has 2 amide bonds. The predicted octanol–water partition coefficient (Wildman–Crippen LogP) is 2.65. The Kier molecular flexibility index (Phi) is 8.96. The van der Waals surface area contributed by atoms with Gasteiger partial charge in [0.1, 0.15) is 10.5 Å². The lowest BCUT2D eigenvalue weighted by atomic mass is 9.87. The molecule has 0 saturated carbocycles. The molecule has 3 saturated heterocycles. The quantitative estimate of drug-likeness (QED) is 0.275. The van der Waals surface area contributed by atoms with E-state index in [-0.39, 0.29) is 30.3 Å². The van der Waals surface area contributed by atoms with Crippen LogP contribution in [0.25, 0.3) is 11.1 Å². The van der Waals surface area contributed by atoms with Crippen molar-refractivity contribution in [3.05, 3.63) is 85.2 Å². The van der Waals surface area contributed by atoms with Gasteiger partial charge >= 0.3 is 5.76 Å². The molecule has 3 aliphatic heterocycles. The summed E-state index contributed by atoms with van der Waals surface area (Å²) >= 11 is 3.43. The number of aromatic nitrogens is 3. The summed E-state index contributed by atoms with van der Waals surface area (Å²) in [6.45, 7) is 6.21. The van der Waals surface area contributed by atoms with Crippen LogP contribution in [-0.4, -0.2) is 88.3 Å². The van der Waals surface area contributed by atoms with Crippen LogP contribution in [-0.2, 0) is 23.2 Å². The molecule has 0 aliphatic carbocycles. The van der Waals surface area contributed by atoms with Crippen molar-refractivity contribution >= 4 is 50.2 Å². The van der Waals surface area contributed by atoms with Crippen LogP contribution in [0, 0.1) is 0 Å². The van der Waals surface area contributed by atoms with Gasteiger partial charge in [-0.25, -0.2) is 9.48 Å². The number of anilines is 2. The molecule has 0 radical (unpaired) electrons. The first-order valence-electron chi connectivity index (χ1n) is 16.3. The number of imide groups is 1. The first-order valence-corrected chi connectivity index (χ1v) is 17.1. The third-order valence-electron chi connectivity index (χ3n) is 9.78. The van der Waals surface area contributed by atoms with E-state index in [1.54, 1.807) is 13.2 Å². The van der Waals surface area contributed by atoms with E-state index >= 15 is 0 Å². The fourth-order valence-electron chi connectivity index (χ4n) is 7.26. The Morgan fingerprint density at radius 1 is 1.00 bits per heavy atom. The van der Waals surface area contributed by atoms with Crippen molar-refractivity contribution in [3.8, 4) is 0 Å². The molecule has 3 fully saturated rings. The maximum atomic E-state index is 12.7. The molecule has 5 heterocycles. The number of fused-ring (bicyclic) bond motifs is 1. The molecular weight excluding hydrogens is 680 g/mol. The van der Waals surface area contributed by atoms with Crippen LogP contribution in [0.15, 0.2) is 67.1 Å². The summed E-state index contributed by atoms with van der Waals surface area (Å²) < 4.78 is 8.73. The molecule has 7 rings (SSSR count). The summed E-state index contributed by atoms with van der Waals surface area (Å²) in [5.74, 6) is -1.01. The van der Waals surface area contributed by atoms with Crippen LogP contribution < -0.4 is 26.8 Å². The molecule has 2 N–H and O–H groups in total. The molecule has 3 atom stereocenters. The minimum Gasteiger partial charge on any atom is -0.408 e. The predicted molar refractivity (Wildman–Crippen MR) is 185 cm³/mol. The van der Waals surface area contributed by atoms with Crippen LogP contribution in [0.1, 0.15) is 42.3 Å². The van der Waals surface area contributed by atoms with E-state index in [1.165, 1.54) is 20.4 Å². The number of likely N-dealkylation sites (tertiary alicyclic amines) is 1. The summed E-state index contributed by atoms with van der Waals surface area (Å²) in [7, 11) is 3.78. The lowest BCUT2D eigenvalue weighted by Crippen LogP contribution is -2.46. The van der Waals surface area contributed by atoms with Crippen LogP contribution >= 0.6 is 15.9 Å². The molecule has 2 aromatic heterocycles. The number of oxazole rings is 1. The van der Waals surface area contributed by atoms with Crippen LogP contribution in [0.4, 0.5) is 11.4 Å². The van der Waals surface area contributed by atoms with Gasteiger partial charge in [0.05, 0.1) is 17.4 Å². The molecule has 14 heteroatoms. The number of aryl methyl sites for hydroxylation is 1. The molecule has 13 nitrogen and oxygen atoms in total. The highest BCUT2D eigenvalue weighted by molar-refractivity contribution is 9.10. The SMILES string of the molecule is CN1C[C@H](Nc2cnn(C)c(=O)c2Br)C[C@H](c2ccc(CN3CCN(c4ccc5c(c4)oc(=O)n5C4CCC(=O)NC4=O)CC3)cc2)C1. The zero-order valence-electron chi connectivity index (χ0n) is 27.0. The van der Waals surface area contributed by atoms with Gasteiger partial charge in [-0.2, -0.15) is 5.10 Å². The number of carbonyl (C=O) groups excluding carboxylic acids is 2. The van der Waals surface area contributed by atoms with Crippen molar-refractivity contribution in [3.63, 3.8) is 0 Å². The zero-order chi connectivity index (χ0) is 33.5. The van der Waals surface area contributed by atoms with Gasteiger partial charge in [-0.3, -0.25) is 29.2 Å². The molecule has 48 heavy (non-hydrogen) atoms. The minimum absolute atomic E-state index is 0.159. The van der Waals surface area contributed by atoms with E-state index in [4.69, 9.17) is 4.42 Å². The number of carbonyl (C=O) groups is 2. The summed E-state index contributed by atoms with van der Waals surface area (Å²) in [6.07, 6.45) is 3.13. The lowest BCUT2D eigenvalue weighted by Gasteiger charge is -2.37. The van der Waals surface area contributed by atoms with Gasteiger partial charge in [0.25, 0.3) is 5.56 Å². The van der Waals surface area contributed by atoms with E-state index in [2.05, 4.69) is 77.7 Å². The van der Waals surface area contributed by atoms with Crippen LogP contribution in [0.5, 0.6) is 0 Å². The Morgan fingerprint density at radius 3 is 2.52 bits per heavy atom. The van der Waals surface area contributed by atoms with Gasteiger partial charge in [-0.05, 0) is 65.0 Å². The number of benzene rings is 2. The Hall–Kier alpha value is -4.27. The van der Waals surface area contributed by atoms with Crippen molar-refractivity contribution in [1.82, 2.24) is 29.5 Å². The summed E-state index contributed by atoms with van der Waals surface area (Å²) in [4.78, 5) is 56.1. The maximum absolute atomic E-state index is 12.7. The van der Waals surface area contributed by atoms with Gasteiger partial charge in [-0.15, -0.1) is 0 Å². The minimum atomic E-state index is -0.754. The number of hydrogen-bond acceptors (Lipinski definition) is 10. The number of amides is 2. The number of hydrogen-bond donors (Lipinski definition) is 2. The van der Waals surface area contributed by atoms with E-state index in [1.807, 2.05) is 18.2 Å². The standard InChI is InChI=1S/C34H39BrN8O5/c1-39-19-23(15-24(20-39)37-26-17-36-40(2)33(46)31(26)35)22-5-3-21(4-6-22)18-41-11-13-42(14-12-41)25-7-8-27-29(16-25)48-34(47)43(27)28-9-10-30(44)38-32(28)45/h3-8,16-17,23-24,28,37H,9-15,18-20H2,1-2H3,(H,38,44,45)/t23-,24+,28?/m0/s1. The normalized spacial score (nSPS) is 22.6. The molecule has 2 aromatic carbocycles. The summed E-state index contributed by atoms with van der Waals surface area (Å²) in [5.41, 5.74) is 5.12. The van der Waals surface area contributed by atoms with Crippen molar-refractivity contribution in [2.45, 2.75) is 43.8 Å². The van der Waals surface area contributed by atoms with Crippen molar-refractivity contribution in [1.29, 1.82) is 0 Å². The Labute approximate surface area is 285 Å². The largest absolute Gasteiger partial charge is 0.420 e. The highest BCUT2D eigenvalue weighted by atomic mass is 79.9. The molecule has 3 aliphatic rings. The molecule has 0 bridgehead atoms. The number of nitrogens with one attached hydrogen (secondary N) is 2. The third kappa shape index (κ3) is 6.56. The second-order valence-electron chi connectivity index (χ2n) is 13.2. The number of rotatable bonds is 7. The number of piperidine rings is 2. The molecule has 4 aromatic rings. The highest BCUT2D eigenvalue weighted by Crippen LogP contribution is 2.30. The van der Waals surface area contributed by atoms with E-state index in [0.29, 0.717) is 21.5 Å². The molecule has 0 spiro atoms. The highest BCUT2D eigenvalue weighted by Gasteiger charge is 2.32. The molecule has 1 unspecified atom stereocenters. The number of likely N-dealkylation sites (N-methyl/N-ethyl adjacent to an activating group) is 1. The van der Waals surface area contributed by atoms with Gasteiger partial charge in [0, 0.05) is 77.1 Å². The van der Waals surface area contributed by atoms with Crippen LogP contribution in [0.2, 0.25) is 0 Å². The Balaban J connectivity index is 0.946. The van der Waals surface area contributed by atoms with E-state index in [0.717, 1.165) is 63.6 Å². The topological polar surface area (TPSA) is 138 Å². The summed E-state index contributed by atoms with van der Waals surface area (Å²) in [5, 5.41) is 10.0. The van der Waals surface area contributed by atoms with Crippen molar-refractivity contribution < 1.29 is 14.0 Å². The monoisotopic (exact) mass is 718 g/mol. The molecular formula is C34H39BrN8O5. The smallest absolute Gasteiger partial charge is 0.408 e. The Bertz CT molecular complexity index is 1960. The lowest BCUT2D eigenvalue weighted by molar-refractivity contribution is -0.135. The van der Waals surface area contributed by atoms with Gasteiger partial charge in [0.2, 0.25) is 11.8 Å². The van der Waals surface area contributed by atoms with Gasteiger partial charge in [0.15, 0.2) is 5.58 Å². The number of halogens is 1. The Morgan fingerprint density at radius 2 is 1.77 bits per heavy atom. The first-order chi connectivity index (χ1) is 23.1. The number of nitrogens with zero attached hydrogens (tertiary/aromatic N) is 6. The van der Waals surface area contributed by atoms with E-state index < -0.39 is 17.7 Å². The average molecular weight is 720 g/mol. The fourth-order valence-corrected chi connectivity index (χ4v) is 7.73. The number of piperazine rings is 1. The average Bonchev–Trinajstić information content (AvgIpc) is 3.40. The van der Waals surface area contributed by atoms with Crippen molar-refractivity contribution in [2.75, 3.05) is 56.5 Å². The van der Waals surface area contributed by atoms with Gasteiger partial charge in [-0.1, -0.05) is 24.3 Å². The van der Waals surface area contributed by atoms with Crippen LogP contribution in [0.3, 0.4) is 0 Å². The summed E-state index contributed by atoms with van der Waals surface area (Å²) in [6, 6.07) is 14.1. The molecule has 252 valence electrons. The van der Waals surface area contributed by atoms with Gasteiger partial charge < -0.3 is 19.5 Å². The second kappa shape index (κ2) is 13.3. The fraction of sp³-hybridized carbons (Fsp3) is 0.441. The maximum Gasteiger partial charge on any atom is 0.420 e. The second-order valence-corrected chi connectivity index (χ2v) is 14.0.